The number of amides is 2. The molecule has 0 saturated heterocycles. The number of hydrogen-bond acceptors (Lipinski definition) is 2. The maximum absolute atomic E-state index is 11.6. The van der Waals surface area contributed by atoms with Crippen LogP contribution in [0.1, 0.15) is 32.6 Å². The van der Waals surface area contributed by atoms with E-state index in [1.54, 1.807) is 0 Å². The molecule has 0 aliphatic heterocycles. The van der Waals surface area contributed by atoms with Crippen molar-refractivity contribution in [2.45, 2.75) is 32.6 Å². The van der Waals surface area contributed by atoms with Crippen LogP contribution in [0.2, 0.25) is 0 Å². The molecular formula is C14H19BrN2O2. The molecule has 4 nitrogen and oxygen atoms in total. The summed E-state index contributed by atoms with van der Waals surface area (Å²) in [6.07, 6.45) is 2.45. The first-order chi connectivity index (χ1) is 9.11. The highest BCUT2D eigenvalue weighted by Gasteiger charge is 2.06. The fourth-order valence-corrected chi connectivity index (χ4v) is 1.74. The summed E-state index contributed by atoms with van der Waals surface area (Å²) in [4.78, 5) is 23.1. The third-order valence-electron chi connectivity index (χ3n) is 2.56. The monoisotopic (exact) mass is 326 g/mol. The second kappa shape index (κ2) is 8.69. The maximum atomic E-state index is 11.6. The minimum Gasteiger partial charge on any atom is -0.356 e. The lowest BCUT2D eigenvalue weighted by molar-refractivity contribution is -0.124. The SMILES string of the molecule is CCCCNC(=O)CCC(=O)Nc1ccc(Br)cc1. The summed E-state index contributed by atoms with van der Waals surface area (Å²) in [5.74, 6) is -0.215. The van der Waals surface area contributed by atoms with Gasteiger partial charge in [-0.05, 0) is 30.7 Å². The normalized spacial score (nSPS) is 10.0. The van der Waals surface area contributed by atoms with Crippen LogP contribution in [0.25, 0.3) is 0 Å². The van der Waals surface area contributed by atoms with E-state index in [2.05, 4.69) is 33.5 Å². The summed E-state index contributed by atoms with van der Waals surface area (Å²) in [6, 6.07) is 7.33. The molecule has 0 aliphatic rings. The van der Waals surface area contributed by atoms with Crippen molar-refractivity contribution in [3.63, 3.8) is 0 Å². The van der Waals surface area contributed by atoms with Crippen molar-refractivity contribution in [3.05, 3.63) is 28.7 Å². The number of unbranched alkanes of at least 4 members (excludes halogenated alkanes) is 1. The molecule has 0 fully saturated rings. The van der Waals surface area contributed by atoms with Gasteiger partial charge in [-0.1, -0.05) is 29.3 Å². The molecule has 1 aromatic rings. The van der Waals surface area contributed by atoms with E-state index >= 15 is 0 Å². The summed E-state index contributed by atoms with van der Waals surface area (Å²) in [6.45, 7) is 2.75. The predicted molar refractivity (Wildman–Crippen MR) is 79.9 cm³/mol. The molecule has 2 N–H and O–H groups in total. The van der Waals surface area contributed by atoms with Crippen LogP contribution in [0.5, 0.6) is 0 Å². The van der Waals surface area contributed by atoms with Crippen LogP contribution in [0.15, 0.2) is 28.7 Å². The van der Waals surface area contributed by atoms with Crippen LogP contribution in [0, 0.1) is 0 Å². The van der Waals surface area contributed by atoms with Crippen molar-refractivity contribution in [2.24, 2.45) is 0 Å². The molecule has 0 aromatic heterocycles. The Morgan fingerprint density at radius 3 is 2.37 bits per heavy atom. The Labute approximate surface area is 122 Å². The quantitative estimate of drug-likeness (QED) is 0.756. The lowest BCUT2D eigenvalue weighted by atomic mass is 10.2. The van der Waals surface area contributed by atoms with E-state index < -0.39 is 0 Å². The topological polar surface area (TPSA) is 58.2 Å². The molecule has 0 saturated carbocycles. The smallest absolute Gasteiger partial charge is 0.224 e. The molecule has 1 rings (SSSR count). The average molecular weight is 327 g/mol. The van der Waals surface area contributed by atoms with E-state index in [1.165, 1.54) is 0 Å². The van der Waals surface area contributed by atoms with E-state index in [0.29, 0.717) is 6.54 Å². The molecular weight excluding hydrogens is 308 g/mol. The predicted octanol–water partition coefficient (Wildman–Crippen LogP) is 3.08. The van der Waals surface area contributed by atoms with Crippen LogP contribution in [-0.2, 0) is 9.59 Å². The zero-order chi connectivity index (χ0) is 14.1. The zero-order valence-corrected chi connectivity index (χ0v) is 12.6. The van der Waals surface area contributed by atoms with Crippen molar-refractivity contribution < 1.29 is 9.59 Å². The number of anilines is 1. The minimum absolute atomic E-state index is 0.0700. The summed E-state index contributed by atoms with van der Waals surface area (Å²) < 4.78 is 0.959. The molecule has 5 heteroatoms. The van der Waals surface area contributed by atoms with E-state index in [-0.39, 0.29) is 24.7 Å². The van der Waals surface area contributed by atoms with Crippen LogP contribution in [0.3, 0.4) is 0 Å². The first-order valence-corrected chi connectivity index (χ1v) is 7.23. The highest BCUT2D eigenvalue weighted by Crippen LogP contribution is 2.14. The second-order valence-corrected chi connectivity index (χ2v) is 5.17. The van der Waals surface area contributed by atoms with E-state index in [0.717, 1.165) is 23.0 Å². The largest absolute Gasteiger partial charge is 0.356 e. The fourth-order valence-electron chi connectivity index (χ4n) is 1.48. The summed E-state index contributed by atoms with van der Waals surface area (Å²) in [7, 11) is 0. The highest BCUT2D eigenvalue weighted by atomic mass is 79.9. The number of benzene rings is 1. The molecule has 0 radical (unpaired) electrons. The van der Waals surface area contributed by atoms with Gasteiger partial charge in [0.15, 0.2) is 0 Å². The number of rotatable bonds is 7. The van der Waals surface area contributed by atoms with Crippen LogP contribution in [0.4, 0.5) is 5.69 Å². The number of carbonyl (C=O) groups is 2. The minimum atomic E-state index is -0.145. The number of nitrogens with one attached hydrogen (secondary N) is 2. The summed E-state index contributed by atoms with van der Waals surface area (Å²) in [5.41, 5.74) is 0.736. The van der Waals surface area contributed by atoms with Gasteiger partial charge in [-0.15, -0.1) is 0 Å². The van der Waals surface area contributed by atoms with Gasteiger partial charge in [-0.3, -0.25) is 9.59 Å². The number of hydrogen-bond donors (Lipinski definition) is 2. The van der Waals surface area contributed by atoms with Crippen molar-refractivity contribution in [2.75, 3.05) is 11.9 Å². The molecule has 19 heavy (non-hydrogen) atoms. The maximum Gasteiger partial charge on any atom is 0.224 e. The second-order valence-electron chi connectivity index (χ2n) is 4.26. The third-order valence-corrected chi connectivity index (χ3v) is 3.09. The van der Waals surface area contributed by atoms with Gasteiger partial charge in [-0.2, -0.15) is 0 Å². The van der Waals surface area contributed by atoms with Gasteiger partial charge in [0.25, 0.3) is 0 Å². The fraction of sp³-hybridized carbons (Fsp3) is 0.429. The number of halogens is 1. The van der Waals surface area contributed by atoms with Gasteiger partial charge in [0.1, 0.15) is 0 Å². The van der Waals surface area contributed by atoms with Crippen LogP contribution < -0.4 is 10.6 Å². The molecule has 2 amide bonds. The summed E-state index contributed by atoms with van der Waals surface area (Å²) in [5, 5.41) is 5.54. The van der Waals surface area contributed by atoms with Crippen LogP contribution >= 0.6 is 15.9 Å². The van der Waals surface area contributed by atoms with Gasteiger partial charge in [0.05, 0.1) is 0 Å². The standard InChI is InChI=1S/C14H19BrN2O2/c1-2-3-10-16-13(18)8-9-14(19)17-12-6-4-11(15)5-7-12/h4-7H,2-3,8-10H2,1H3,(H,16,18)(H,17,19). The van der Waals surface area contributed by atoms with E-state index in [4.69, 9.17) is 0 Å². The lowest BCUT2D eigenvalue weighted by Gasteiger charge is -2.06. The first-order valence-electron chi connectivity index (χ1n) is 6.44. The first kappa shape index (κ1) is 15.7. The molecule has 0 bridgehead atoms. The van der Waals surface area contributed by atoms with Gasteiger partial charge in [0.2, 0.25) is 11.8 Å². The molecule has 104 valence electrons. The Hall–Kier alpha value is -1.36. The molecule has 0 atom stereocenters. The lowest BCUT2D eigenvalue weighted by Crippen LogP contribution is -2.25. The highest BCUT2D eigenvalue weighted by molar-refractivity contribution is 9.10. The Morgan fingerprint density at radius 2 is 1.74 bits per heavy atom. The van der Waals surface area contributed by atoms with Gasteiger partial charge >= 0.3 is 0 Å². The molecule has 0 unspecified atom stereocenters. The molecule has 1 aromatic carbocycles. The Morgan fingerprint density at radius 1 is 1.11 bits per heavy atom. The Kier molecular flexibility index (Phi) is 7.18. The molecule has 0 heterocycles. The third kappa shape index (κ3) is 6.96. The van der Waals surface area contributed by atoms with E-state index in [1.807, 2.05) is 24.3 Å². The van der Waals surface area contributed by atoms with Gasteiger partial charge in [0, 0.05) is 29.5 Å². The summed E-state index contributed by atoms with van der Waals surface area (Å²) >= 11 is 3.33. The average Bonchev–Trinajstić information content (AvgIpc) is 2.39. The van der Waals surface area contributed by atoms with Crippen molar-refractivity contribution >= 4 is 33.4 Å². The molecule has 0 spiro atoms. The Balaban J connectivity index is 2.24. The van der Waals surface area contributed by atoms with Crippen LogP contribution in [-0.4, -0.2) is 18.4 Å². The van der Waals surface area contributed by atoms with Gasteiger partial charge in [-0.25, -0.2) is 0 Å². The zero-order valence-electron chi connectivity index (χ0n) is 11.0. The molecule has 0 aliphatic carbocycles. The van der Waals surface area contributed by atoms with Crippen molar-refractivity contribution in [1.82, 2.24) is 5.32 Å². The van der Waals surface area contributed by atoms with Crippen molar-refractivity contribution in [3.8, 4) is 0 Å². The van der Waals surface area contributed by atoms with Crippen molar-refractivity contribution in [1.29, 1.82) is 0 Å². The van der Waals surface area contributed by atoms with E-state index in [9.17, 15) is 9.59 Å². The number of carbonyl (C=O) groups excluding carboxylic acids is 2. The van der Waals surface area contributed by atoms with Gasteiger partial charge < -0.3 is 10.6 Å². The Bertz CT molecular complexity index is 418.